The average Bonchev–Trinajstić information content (AvgIpc) is 2.84. The van der Waals surface area contributed by atoms with Crippen LogP contribution in [-0.4, -0.2) is 5.16 Å². The van der Waals surface area contributed by atoms with Crippen molar-refractivity contribution in [1.82, 2.24) is 5.16 Å². The van der Waals surface area contributed by atoms with Gasteiger partial charge in [-0.05, 0) is 51.8 Å². The monoisotopic (exact) mass is 350 g/mol. The largest absolute Gasteiger partial charge is 0.380 e. The molecule has 1 heterocycles. The Bertz CT molecular complexity index is 817. The van der Waals surface area contributed by atoms with Gasteiger partial charge < -0.3 is 10.3 Å². The predicted molar refractivity (Wildman–Crippen MR) is 79.4 cm³/mol. The zero-order valence-electron chi connectivity index (χ0n) is 10.6. The summed E-state index contributed by atoms with van der Waals surface area (Å²) in [4.78, 5) is 0. The van der Waals surface area contributed by atoms with E-state index >= 15 is 0 Å². The first-order valence-electron chi connectivity index (χ1n) is 6.03. The maximum absolute atomic E-state index is 13.7. The van der Waals surface area contributed by atoms with Gasteiger partial charge in [0.1, 0.15) is 11.6 Å². The molecule has 0 aliphatic rings. The van der Waals surface area contributed by atoms with Gasteiger partial charge in [-0.3, -0.25) is 0 Å². The molecule has 3 aromatic rings. The SMILES string of the molecule is Nc1noc(-c2ccc(Br)c(F)c2)c1-c1cccc(F)c1. The zero-order chi connectivity index (χ0) is 15.0. The summed E-state index contributed by atoms with van der Waals surface area (Å²) in [5.74, 6) is -0.419. The molecule has 0 radical (unpaired) electrons. The highest BCUT2D eigenvalue weighted by Crippen LogP contribution is 2.37. The van der Waals surface area contributed by atoms with Crippen LogP contribution in [0.2, 0.25) is 0 Å². The number of rotatable bonds is 2. The number of nitrogen functional groups attached to an aromatic ring is 1. The highest BCUT2D eigenvalue weighted by Gasteiger charge is 2.19. The van der Waals surface area contributed by atoms with Crippen molar-refractivity contribution in [3.05, 3.63) is 58.6 Å². The lowest BCUT2D eigenvalue weighted by molar-refractivity contribution is 0.436. The van der Waals surface area contributed by atoms with E-state index in [4.69, 9.17) is 10.3 Å². The van der Waals surface area contributed by atoms with Crippen LogP contribution < -0.4 is 5.73 Å². The number of nitrogens with two attached hydrogens (primary N) is 1. The molecule has 106 valence electrons. The second-order valence-corrected chi connectivity index (χ2v) is 5.27. The Morgan fingerprint density at radius 1 is 1.05 bits per heavy atom. The van der Waals surface area contributed by atoms with Crippen molar-refractivity contribution in [3.8, 4) is 22.5 Å². The highest BCUT2D eigenvalue weighted by molar-refractivity contribution is 9.10. The van der Waals surface area contributed by atoms with Crippen LogP contribution in [0.15, 0.2) is 51.5 Å². The van der Waals surface area contributed by atoms with E-state index in [2.05, 4.69) is 21.1 Å². The molecule has 0 aliphatic heterocycles. The molecule has 6 heteroatoms. The number of hydrogen-bond acceptors (Lipinski definition) is 3. The average molecular weight is 351 g/mol. The van der Waals surface area contributed by atoms with Gasteiger partial charge in [0.15, 0.2) is 11.6 Å². The van der Waals surface area contributed by atoms with Crippen LogP contribution in [0.4, 0.5) is 14.6 Å². The van der Waals surface area contributed by atoms with Crippen LogP contribution in [-0.2, 0) is 0 Å². The van der Waals surface area contributed by atoms with Crippen LogP contribution in [0.1, 0.15) is 0 Å². The number of nitrogens with zero attached hydrogens (tertiary/aromatic N) is 1. The van der Waals surface area contributed by atoms with Crippen LogP contribution in [0.3, 0.4) is 0 Å². The summed E-state index contributed by atoms with van der Waals surface area (Å²) in [7, 11) is 0. The Morgan fingerprint density at radius 3 is 2.57 bits per heavy atom. The number of anilines is 1. The number of aromatic nitrogens is 1. The first-order chi connectivity index (χ1) is 10.1. The topological polar surface area (TPSA) is 52.0 Å². The molecular formula is C15H9BrF2N2O. The Kier molecular flexibility index (Phi) is 3.47. The fourth-order valence-electron chi connectivity index (χ4n) is 2.06. The number of hydrogen-bond donors (Lipinski definition) is 1. The van der Waals surface area contributed by atoms with Crippen molar-refractivity contribution in [2.24, 2.45) is 0 Å². The first kappa shape index (κ1) is 13.8. The normalized spacial score (nSPS) is 10.8. The van der Waals surface area contributed by atoms with E-state index in [9.17, 15) is 8.78 Å². The van der Waals surface area contributed by atoms with Crippen molar-refractivity contribution >= 4 is 21.7 Å². The molecule has 3 nitrogen and oxygen atoms in total. The maximum atomic E-state index is 13.7. The Morgan fingerprint density at radius 2 is 1.86 bits per heavy atom. The molecular weight excluding hydrogens is 342 g/mol. The molecule has 0 fully saturated rings. The molecule has 0 spiro atoms. The van der Waals surface area contributed by atoms with Gasteiger partial charge >= 0.3 is 0 Å². The van der Waals surface area contributed by atoms with Crippen LogP contribution in [0.25, 0.3) is 22.5 Å². The summed E-state index contributed by atoms with van der Waals surface area (Å²) in [6, 6.07) is 10.4. The Labute approximate surface area is 127 Å². The molecule has 3 rings (SSSR count). The van der Waals surface area contributed by atoms with Gasteiger partial charge in [0.2, 0.25) is 0 Å². The second kappa shape index (κ2) is 5.29. The number of halogens is 3. The van der Waals surface area contributed by atoms with Crippen molar-refractivity contribution in [2.75, 3.05) is 5.73 Å². The van der Waals surface area contributed by atoms with E-state index in [1.54, 1.807) is 24.3 Å². The van der Waals surface area contributed by atoms with Gasteiger partial charge in [-0.2, -0.15) is 0 Å². The molecule has 0 bridgehead atoms. The molecule has 0 atom stereocenters. The van der Waals surface area contributed by atoms with Gasteiger partial charge in [0.25, 0.3) is 0 Å². The first-order valence-corrected chi connectivity index (χ1v) is 6.82. The van der Waals surface area contributed by atoms with Crippen LogP contribution in [0.5, 0.6) is 0 Å². The molecule has 1 aromatic heterocycles. The van der Waals surface area contributed by atoms with E-state index in [0.29, 0.717) is 26.9 Å². The molecule has 2 aromatic carbocycles. The summed E-state index contributed by atoms with van der Waals surface area (Å²) >= 11 is 3.08. The maximum Gasteiger partial charge on any atom is 0.177 e. The van der Waals surface area contributed by atoms with Crippen molar-refractivity contribution in [1.29, 1.82) is 0 Å². The standard InChI is InChI=1S/C15H9BrF2N2O/c16-11-5-4-9(7-12(11)18)14-13(15(19)20-21-14)8-2-1-3-10(17)6-8/h1-7H,(H2,19,20). The van der Waals surface area contributed by atoms with E-state index < -0.39 is 11.6 Å². The lowest BCUT2D eigenvalue weighted by atomic mass is 10.0. The van der Waals surface area contributed by atoms with Crippen molar-refractivity contribution < 1.29 is 13.3 Å². The van der Waals surface area contributed by atoms with Gasteiger partial charge in [0, 0.05) is 5.56 Å². The minimum Gasteiger partial charge on any atom is -0.380 e. The molecule has 0 unspecified atom stereocenters. The van der Waals surface area contributed by atoms with Crippen molar-refractivity contribution in [3.63, 3.8) is 0 Å². The minimum absolute atomic E-state index is 0.124. The molecule has 2 N–H and O–H groups in total. The van der Waals surface area contributed by atoms with Gasteiger partial charge in [-0.25, -0.2) is 8.78 Å². The van der Waals surface area contributed by atoms with Gasteiger partial charge in [0.05, 0.1) is 10.0 Å². The smallest absolute Gasteiger partial charge is 0.177 e. The predicted octanol–water partition coefficient (Wildman–Crippen LogP) is 4.63. The molecule has 0 amide bonds. The third-order valence-electron chi connectivity index (χ3n) is 3.01. The lowest BCUT2D eigenvalue weighted by Crippen LogP contribution is -1.90. The third-order valence-corrected chi connectivity index (χ3v) is 3.66. The van der Waals surface area contributed by atoms with Gasteiger partial charge in [-0.15, -0.1) is 0 Å². The van der Waals surface area contributed by atoms with Crippen molar-refractivity contribution in [2.45, 2.75) is 0 Å². The number of benzene rings is 2. The Balaban J connectivity index is 2.19. The molecule has 0 saturated carbocycles. The van der Waals surface area contributed by atoms with E-state index in [-0.39, 0.29) is 5.82 Å². The fraction of sp³-hybridized carbons (Fsp3) is 0. The van der Waals surface area contributed by atoms with Gasteiger partial charge in [-0.1, -0.05) is 17.3 Å². The second-order valence-electron chi connectivity index (χ2n) is 4.41. The van der Waals surface area contributed by atoms with Crippen LogP contribution in [0, 0.1) is 11.6 Å². The summed E-state index contributed by atoms with van der Waals surface area (Å²) in [5.41, 5.74) is 7.23. The third kappa shape index (κ3) is 2.54. The fourth-order valence-corrected chi connectivity index (χ4v) is 2.31. The molecule has 21 heavy (non-hydrogen) atoms. The van der Waals surface area contributed by atoms with E-state index in [1.165, 1.54) is 18.2 Å². The Hall–Kier alpha value is -2.21. The summed E-state index contributed by atoms with van der Waals surface area (Å²) in [6.07, 6.45) is 0. The summed E-state index contributed by atoms with van der Waals surface area (Å²) in [6.45, 7) is 0. The highest BCUT2D eigenvalue weighted by atomic mass is 79.9. The molecule has 0 saturated heterocycles. The molecule has 0 aliphatic carbocycles. The van der Waals surface area contributed by atoms with Crippen LogP contribution >= 0.6 is 15.9 Å². The zero-order valence-corrected chi connectivity index (χ0v) is 12.2. The summed E-state index contributed by atoms with van der Waals surface area (Å²) in [5, 5.41) is 3.70. The quantitative estimate of drug-likeness (QED) is 0.732. The summed E-state index contributed by atoms with van der Waals surface area (Å²) < 4.78 is 32.6. The minimum atomic E-state index is -0.437. The lowest BCUT2D eigenvalue weighted by Gasteiger charge is -2.04. The van der Waals surface area contributed by atoms with E-state index in [1.807, 2.05) is 0 Å². The van der Waals surface area contributed by atoms with E-state index in [0.717, 1.165) is 0 Å².